The van der Waals surface area contributed by atoms with E-state index in [-0.39, 0.29) is 10.7 Å². The number of benzene rings is 1. The van der Waals surface area contributed by atoms with E-state index in [4.69, 9.17) is 0 Å². The van der Waals surface area contributed by atoms with Crippen LogP contribution in [0.5, 0.6) is 0 Å². The van der Waals surface area contributed by atoms with Crippen LogP contribution >= 0.6 is 11.8 Å². The Labute approximate surface area is 145 Å². The molecular weight excluding hydrogens is 304 g/mol. The molecule has 0 aromatic heterocycles. The van der Waals surface area contributed by atoms with Crippen LogP contribution < -0.4 is 4.90 Å². The molecule has 0 N–H and O–H groups in total. The number of hydrogen-bond donors (Lipinski definition) is 0. The molecule has 2 rings (SSSR count). The Kier molecular flexibility index (Phi) is 6.54. The van der Waals surface area contributed by atoms with Gasteiger partial charge in [-0.05, 0) is 43.8 Å². The van der Waals surface area contributed by atoms with Gasteiger partial charge in [0.15, 0.2) is 0 Å². The van der Waals surface area contributed by atoms with Crippen molar-refractivity contribution in [3.63, 3.8) is 0 Å². The Balaban J connectivity index is 2.23. The number of para-hydroxylation sites is 1. The van der Waals surface area contributed by atoms with Crippen molar-refractivity contribution in [2.24, 2.45) is 0 Å². The number of carbonyl (C=O) groups is 1. The molecule has 4 heteroatoms. The predicted molar refractivity (Wildman–Crippen MR) is 101 cm³/mol. The third kappa shape index (κ3) is 4.98. The summed E-state index contributed by atoms with van der Waals surface area (Å²) in [4.78, 5) is 17.3. The van der Waals surface area contributed by atoms with Gasteiger partial charge < -0.3 is 4.90 Å². The van der Waals surface area contributed by atoms with Crippen LogP contribution in [0.1, 0.15) is 40.5 Å². The van der Waals surface area contributed by atoms with Crippen molar-refractivity contribution >= 4 is 23.4 Å². The van der Waals surface area contributed by atoms with Crippen LogP contribution in [0.3, 0.4) is 0 Å². The summed E-state index contributed by atoms with van der Waals surface area (Å²) < 4.78 is 0.241. The van der Waals surface area contributed by atoms with Crippen LogP contribution in [0, 0.1) is 0 Å². The molecular formula is C19H30N2OS. The lowest BCUT2D eigenvalue weighted by atomic mass is 9.97. The van der Waals surface area contributed by atoms with Crippen LogP contribution in [-0.2, 0) is 4.79 Å². The number of thioether (sulfide) groups is 1. The Morgan fingerprint density at radius 1 is 1.22 bits per heavy atom. The van der Waals surface area contributed by atoms with E-state index in [0.29, 0.717) is 12.6 Å². The third-order valence-corrected chi connectivity index (χ3v) is 5.98. The molecule has 1 aliphatic rings. The Morgan fingerprint density at radius 2 is 1.87 bits per heavy atom. The summed E-state index contributed by atoms with van der Waals surface area (Å²) in [6.07, 6.45) is 2.13. The van der Waals surface area contributed by atoms with Crippen molar-refractivity contribution in [1.82, 2.24) is 4.90 Å². The van der Waals surface area contributed by atoms with Crippen LogP contribution in [-0.4, -0.2) is 47.0 Å². The molecule has 0 spiro atoms. The molecule has 1 aliphatic heterocycles. The second-order valence-electron chi connectivity index (χ2n) is 6.82. The van der Waals surface area contributed by atoms with E-state index in [9.17, 15) is 4.79 Å². The second kappa shape index (κ2) is 8.20. The first-order valence-corrected chi connectivity index (χ1v) is 9.69. The summed E-state index contributed by atoms with van der Waals surface area (Å²) in [5.41, 5.74) is 1.04. The molecule has 3 nitrogen and oxygen atoms in total. The Morgan fingerprint density at radius 3 is 2.43 bits per heavy atom. The van der Waals surface area contributed by atoms with E-state index in [1.54, 1.807) is 0 Å². The highest BCUT2D eigenvalue weighted by Gasteiger charge is 2.35. The van der Waals surface area contributed by atoms with Gasteiger partial charge in [-0.25, -0.2) is 0 Å². The predicted octanol–water partition coefficient (Wildman–Crippen LogP) is 4.04. The molecule has 128 valence electrons. The molecule has 1 fully saturated rings. The smallest absolute Gasteiger partial charge is 0.241 e. The minimum atomic E-state index is 0.229. The van der Waals surface area contributed by atoms with Gasteiger partial charge in [0.2, 0.25) is 5.91 Å². The zero-order chi connectivity index (χ0) is 16.9. The maximum absolute atomic E-state index is 13.1. The number of amides is 1. The van der Waals surface area contributed by atoms with Gasteiger partial charge in [-0.1, -0.05) is 45.9 Å². The highest BCUT2D eigenvalue weighted by molar-refractivity contribution is 8.00. The summed E-state index contributed by atoms with van der Waals surface area (Å²) in [5, 5.41) is 0. The molecule has 1 saturated heterocycles. The molecule has 0 aliphatic carbocycles. The van der Waals surface area contributed by atoms with Gasteiger partial charge in [0.1, 0.15) is 0 Å². The molecule has 1 aromatic rings. The monoisotopic (exact) mass is 334 g/mol. The van der Waals surface area contributed by atoms with E-state index in [2.05, 4.69) is 49.6 Å². The molecule has 1 amide bonds. The SMILES string of the molecule is CCN(CC)CC(=O)N(c1ccccc1)C1CCSC(C)(C)C1. The van der Waals surface area contributed by atoms with Crippen molar-refractivity contribution in [1.29, 1.82) is 0 Å². The first kappa shape index (κ1) is 18.3. The molecule has 0 bridgehead atoms. The molecule has 1 aromatic carbocycles. The van der Waals surface area contributed by atoms with E-state index < -0.39 is 0 Å². The average Bonchev–Trinajstić information content (AvgIpc) is 2.53. The minimum Gasteiger partial charge on any atom is -0.308 e. The van der Waals surface area contributed by atoms with Crippen LogP contribution in [0.15, 0.2) is 30.3 Å². The van der Waals surface area contributed by atoms with Crippen molar-refractivity contribution in [2.45, 2.75) is 51.3 Å². The summed E-state index contributed by atoms with van der Waals surface area (Å²) in [5.74, 6) is 1.35. The lowest BCUT2D eigenvalue weighted by molar-refractivity contribution is -0.120. The minimum absolute atomic E-state index is 0.229. The molecule has 1 unspecified atom stereocenters. The number of anilines is 1. The van der Waals surface area contributed by atoms with Gasteiger partial charge in [-0.3, -0.25) is 9.69 Å². The topological polar surface area (TPSA) is 23.6 Å². The average molecular weight is 335 g/mol. The van der Waals surface area contributed by atoms with Gasteiger partial charge >= 0.3 is 0 Å². The van der Waals surface area contributed by atoms with Crippen molar-refractivity contribution in [3.8, 4) is 0 Å². The third-order valence-electron chi connectivity index (χ3n) is 4.59. The Bertz CT molecular complexity index is 499. The molecule has 23 heavy (non-hydrogen) atoms. The normalized spacial score (nSPS) is 20.5. The van der Waals surface area contributed by atoms with E-state index in [1.165, 1.54) is 0 Å². The maximum atomic E-state index is 13.1. The van der Waals surface area contributed by atoms with E-state index in [1.807, 2.05) is 30.0 Å². The highest BCUT2D eigenvalue weighted by Crippen LogP contribution is 2.38. The number of hydrogen-bond acceptors (Lipinski definition) is 3. The van der Waals surface area contributed by atoms with Crippen LogP contribution in [0.2, 0.25) is 0 Å². The highest BCUT2D eigenvalue weighted by atomic mass is 32.2. The first-order chi connectivity index (χ1) is 11.0. The van der Waals surface area contributed by atoms with Gasteiger partial charge in [0, 0.05) is 16.5 Å². The van der Waals surface area contributed by atoms with Gasteiger partial charge in [0.25, 0.3) is 0 Å². The molecule has 1 heterocycles. The number of rotatable bonds is 6. The summed E-state index contributed by atoms with van der Waals surface area (Å²) in [6, 6.07) is 10.5. The number of carbonyl (C=O) groups excluding carboxylic acids is 1. The molecule has 0 radical (unpaired) electrons. The van der Waals surface area contributed by atoms with Crippen LogP contribution in [0.25, 0.3) is 0 Å². The summed E-state index contributed by atoms with van der Waals surface area (Å²) >= 11 is 2.02. The second-order valence-corrected chi connectivity index (χ2v) is 8.62. The first-order valence-electron chi connectivity index (χ1n) is 8.70. The van der Waals surface area contributed by atoms with E-state index in [0.717, 1.165) is 37.4 Å². The standard InChI is InChI=1S/C19H30N2OS/c1-5-20(6-2)15-18(22)21(16-10-8-7-9-11-16)17-12-13-23-19(3,4)14-17/h7-11,17H,5-6,12-15H2,1-4H3. The van der Waals surface area contributed by atoms with Gasteiger partial charge in [-0.2, -0.15) is 11.8 Å². The number of likely N-dealkylation sites (N-methyl/N-ethyl adjacent to an activating group) is 1. The van der Waals surface area contributed by atoms with Crippen molar-refractivity contribution in [2.75, 3.05) is 30.3 Å². The zero-order valence-electron chi connectivity index (χ0n) is 14.9. The fraction of sp³-hybridized carbons (Fsp3) is 0.632. The largest absolute Gasteiger partial charge is 0.308 e. The van der Waals surface area contributed by atoms with Crippen molar-refractivity contribution < 1.29 is 4.79 Å². The van der Waals surface area contributed by atoms with Gasteiger partial charge in [0.05, 0.1) is 6.54 Å². The summed E-state index contributed by atoms with van der Waals surface area (Å²) in [6.45, 7) is 11.2. The van der Waals surface area contributed by atoms with Crippen LogP contribution in [0.4, 0.5) is 5.69 Å². The number of nitrogens with zero attached hydrogens (tertiary/aromatic N) is 2. The Hall–Kier alpha value is -1.00. The lowest BCUT2D eigenvalue weighted by Crippen LogP contribution is -2.49. The van der Waals surface area contributed by atoms with Crippen molar-refractivity contribution in [3.05, 3.63) is 30.3 Å². The molecule has 1 atom stereocenters. The molecule has 0 saturated carbocycles. The maximum Gasteiger partial charge on any atom is 0.241 e. The van der Waals surface area contributed by atoms with Gasteiger partial charge in [-0.15, -0.1) is 0 Å². The quantitative estimate of drug-likeness (QED) is 0.784. The fourth-order valence-electron chi connectivity index (χ4n) is 3.28. The fourth-order valence-corrected chi connectivity index (χ4v) is 4.53. The lowest BCUT2D eigenvalue weighted by Gasteiger charge is -2.41. The van der Waals surface area contributed by atoms with E-state index >= 15 is 0 Å². The summed E-state index contributed by atoms with van der Waals surface area (Å²) in [7, 11) is 0. The zero-order valence-corrected chi connectivity index (χ0v) is 15.7.